The first-order chi connectivity index (χ1) is 7.06. The molecule has 4 nitrogen and oxygen atoms in total. The van der Waals surface area contributed by atoms with E-state index in [1.165, 1.54) is 7.11 Å². The van der Waals surface area contributed by atoms with Gasteiger partial charge in [0.25, 0.3) is 0 Å². The average Bonchev–Trinajstić information content (AvgIpc) is 2.16. The van der Waals surface area contributed by atoms with E-state index in [0.717, 1.165) is 0 Å². The summed E-state index contributed by atoms with van der Waals surface area (Å²) in [5, 5.41) is 9.28. The van der Waals surface area contributed by atoms with Gasteiger partial charge < -0.3 is 15.6 Å². The summed E-state index contributed by atoms with van der Waals surface area (Å²) in [5.41, 5.74) is 7.12. The van der Waals surface area contributed by atoms with Crippen molar-refractivity contribution in [3.05, 3.63) is 29.3 Å². The Kier molecular flexibility index (Phi) is 3.68. The summed E-state index contributed by atoms with van der Waals surface area (Å²) in [6.07, 6.45) is -0.134. The third-order valence-corrected chi connectivity index (χ3v) is 2.09. The van der Waals surface area contributed by atoms with E-state index in [-0.39, 0.29) is 0 Å². The maximum Gasteiger partial charge on any atom is 0.340 e. The molecule has 0 amide bonds. The minimum Gasteiger partial charge on any atom is -0.465 e. The van der Waals surface area contributed by atoms with Crippen LogP contribution in [0.4, 0.5) is 5.69 Å². The molecular weight excluding hydrogens is 194 g/mol. The number of aliphatic hydroxyl groups excluding tert-OH is 1. The number of anilines is 1. The minimum absolute atomic E-state index is 0.348. The molecule has 82 valence electrons. The van der Waals surface area contributed by atoms with Gasteiger partial charge in [0.05, 0.1) is 18.8 Å². The molecule has 0 aliphatic heterocycles. The second kappa shape index (κ2) is 4.79. The van der Waals surface area contributed by atoms with Gasteiger partial charge in [-0.2, -0.15) is 0 Å². The van der Waals surface area contributed by atoms with Gasteiger partial charge in [0.1, 0.15) is 0 Å². The van der Waals surface area contributed by atoms with Gasteiger partial charge >= 0.3 is 5.97 Å². The van der Waals surface area contributed by atoms with Crippen LogP contribution in [0.3, 0.4) is 0 Å². The lowest BCUT2D eigenvalue weighted by Crippen LogP contribution is -2.13. The first-order valence-electron chi connectivity index (χ1n) is 4.70. The van der Waals surface area contributed by atoms with E-state index in [9.17, 15) is 9.90 Å². The SMILES string of the molecule is COC(=O)c1c(N)cccc1CC(C)O. The maximum absolute atomic E-state index is 11.5. The van der Waals surface area contributed by atoms with Crippen LogP contribution in [0.25, 0.3) is 0 Å². The Morgan fingerprint density at radius 3 is 2.80 bits per heavy atom. The molecular formula is C11H15NO3. The number of rotatable bonds is 3. The molecule has 1 unspecified atom stereocenters. The van der Waals surface area contributed by atoms with Gasteiger partial charge in [0.15, 0.2) is 0 Å². The molecule has 0 aromatic heterocycles. The zero-order valence-corrected chi connectivity index (χ0v) is 8.86. The first-order valence-corrected chi connectivity index (χ1v) is 4.70. The number of carbonyl (C=O) groups is 1. The lowest BCUT2D eigenvalue weighted by molar-refractivity contribution is 0.0600. The van der Waals surface area contributed by atoms with E-state index < -0.39 is 12.1 Å². The van der Waals surface area contributed by atoms with Crippen molar-refractivity contribution >= 4 is 11.7 Å². The Morgan fingerprint density at radius 2 is 2.27 bits per heavy atom. The molecule has 0 radical (unpaired) electrons. The van der Waals surface area contributed by atoms with E-state index in [1.54, 1.807) is 25.1 Å². The molecule has 1 atom stereocenters. The fourth-order valence-electron chi connectivity index (χ4n) is 1.46. The topological polar surface area (TPSA) is 72.5 Å². The summed E-state index contributed by atoms with van der Waals surface area (Å²) >= 11 is 0. The first kappa shape index (κ1) is 11.5. The van der Waals surface area contributed by atoms with Crippen LogP contribution in [0.15, 0.2) is 18.2 Å². The van der Waals surface area contributed by atoms with Gasteiger partial charge in [-0.05, 0) is 25.0 Å². The fourth-order valence-corrected chi connectivity index (χ4v) is 1.46. The Morgan fingerprint density at radius 1 is 1.60 bits per heavy atom. The molecule has 1 aromatic rings. The van der Waals surface area contributed by atoms with E-state index in [4.69, 9.17) is 5.73 Å². The molecule has 0 aliphatic rings. The van der Waals surface area contributed by atoms with Crippen molar-refractivity contribution in [2.75, 3.05) is 12.8 Å². The zero-order valence-electron chi connectivity index (χ0n) is 8.86. The van der Waals surface area contributed by atoms with E-state index >= 15 is 0 Å². The molecule has 0 saturated heterocycles. The van der Waals surface area contributed by atoms with Crippen LogP contribution in [0.1, 0.15) is 22.8 Å². The molecule has 0 aliphatic carbocycles. The van der Waals surface area contributed by atoms with E-state index in [2.05, 4.69) is 4.74 Å². The highest BCUT2D eigenvalue weighted by Crippen LogP contribution is 2.19. The molecule has 4 heteroatoms. The van der Waals surface area contributed by atoms with Crippen molar-refractivity contribution in [3.63, 3.8) is 0 Å². The summed E-state index contributed by atoms with van der Waals surface area (Å²) < 4.78 is 4.64. The summed E-state index contributed by atoms with van der Waals surface area (Å²) in [5.74, 6) is -0.469. The smallest absolute Gasteiger partial charge is 0.340 e. The Labute approximate surface area is 88.7 Å². The third-order valence-electron chi connectivity index (χ3n) is 2.09. The molecule has 0 fully saturated rings. The van der Waals surface area contributed by atoms with Crippen molar-refractivity contribution in [3.8, 4) is 0 Å². The normalized spacial score (nSPS) is 12.2. The number of benzene rings is 1. The van der Waals surface area contributed by atoms with Gasteiger partial charge in [-0.25, -0.2) is 4.79 Å². The average molecular weight is 209 g/mol. The molecule has 3 N–H and O–H groups in total. The van der Waals surface area contributed by atoms with Crippen molar-refractivity contribution in [2.24, 2.45) is 0 Å². The number of nitrogen functional groups attached to an aromatic ring is 1. The highest BCUT2D eigenvalue weighted by Gasteiger charge is 2.16. The Balaban J connectivity index is 3.14. The van der Waals surface area contributed by atoms with Gasteiger partial charge in [-0.3, -0.25) is 0 Å². The second-order valence-corrected chi connectivity index (χ2v) is 3.43. The zero-order chi connectivity index (χ0) is 11.4. The van der Waals surface area contributed by atoms with E-state index in [1.807, 2.05) is 0 Å². The third kappa shape index (κ3) is 2.70. The van der Waals surface area contributed by atoms with Crippen molar-refractivity contribution in [1.29, 1.82) is 0 Å². The number of esters is 1. The number of carbonyl (C=O) groups excluding carboxylic acids is 1. The largest absolute Gasteiger partial charge is 0.465 e. The number of hydrogen-bond acceptors (Lipinski definition) is 4. The summed E-state index contributed by atoms with van der Waals surface area (Å²) in [6.45, 7) is 1.66. The molecule has 0 bridgehead atoms. The molecule has 0 saturated carbocycles. The molecule has 1 aromatic carbocycles. The number of nitrogens with two attached hydrogens (primary N) is 1. The van der Waals surface area contributed by atoms with Gasteiger partial charge in [-0.15, -0.1) is 0 Å². The van der Waals surface area contributed by atoms with Gasteiger partial charge in [0, 0.05) is 5.69 Å². The van der Waals surface area contributed by atoms with E-state index in [0.29, 0.717) is 23.2 Å². The van der Waals surface area contributed by atoms with Crippen LogP contribution in [-0.2, 0) is 11.2 Å². The predicted octanol–water partition coefficient (Wildman–Crippen LogP) is 0.979. The van der Waals surface area contributed by atoms with Crippen molar-refractivity contribution in [1.82, 2.24) is 0 Å². The molecule has 0 heterocycles. The highest BCUT2D eigenvalue weighted by atomic mass is 16.5. The number of methoxy groups -OCH3 is 1. The Bertz CT molecular complexity index is 361. The van der Waals surface area contributed by atoms with Crippen molar-refractivity contribution < 1.29 is 14.6 Å². The van der Waals surface area contributed by atoms with Crippen molar-refractivity contribution in [2.45, 2.75) is 19.4 Å². The van der Waals surface area contributed by atoms with Crippen LogP contribution >= 0.6 is 0 Å². The van der Waals surface area contributed by atoms with Gasteiger partial charge in [0.2, 0.25) is 0 Å². The molecule has 15 heavy (non-hydrogen) atoms. The number of hydrogen-bond donors (Lipinski definition) is 2. The van der Waals surface area contributed by atoms with Crippen LogP contribution in [0, 0.1) is 0 Å². The lowest BCUT2D eigenvalue weighted by Gasteiger charge is -2.11. The second-order valence-electron chi connectivity index (χ2n) is 3.43. The predicted molar refractivity (Wildman–Crippen MR) is 57.6 cm³/mol. The van der Waals surface area contributed by atoms with Crippen LogP contribution in [0.5, 0.6) is 0 Å². The van der Waals surface area contributed by atoms with Gasteiger partial charge in [-0.1, -0.05) is 12.1 Å². The summed E-state index contributed by atoms with van der Waals surface area (Å²) in [6, 6.07) is 5.15. The Hall–Kier alpha value is -1.55. The van der Waals surface area contributed by atoms with Crippen LogP contribution in [0.2, 0.25) is 0 Å². The van der Waals surface area contributed by atoms with Crippen LogP contribution in [-0.4, -0.2) is 24.3 Å². The quantitative estimate of drug-likeness (QED) is 0.575. The molecule has 1 rings (SSSR count). The monoisotopic (exact) mass is 209 g/mol. The summed E-state index contributed by atoms with van der Waals surface area (Å²) in [4.78, 5) is 11.5. The highest BCUT2D eigenvalue weighted by molar-refractivity contribution is 5.96. The minimum atomic E-state index is -0.518. The van der Waals surface area contributed by atoms with Crippen LogP contribution < -0.4 is 5.73 Å². The summed E-state index contributed by atoms with van der Waals surface area (Å²) in [7, 11) is 1.31. The molecule has 0 spiro atoms. The fraction of sp³-hybridized carbons (Fsp3) is 0.364. The number of aliphatic hydroxyl groups is 1. The lowest BCUT2D eigenvalue weighted by atomic mass is 10.0. The maximum atomic E-state index is 11.5. The standard InChI is InChI=1S/C11H15NO3/c1-7(13)6-8-4-3-5-9(12)10(8)11(14)15-2/h3-5,7,13H,6,12H2,1-2H3. The number of ether oxygens (including phenoxy) is 1.